The van der Waals surface area contributed by atoms with Crippen molar-refractivity contribution in [3.8, 4) is 0 Å². The minimum Gasteiger partial charge on any atom is -0.395 e. The van der Waals surface area contributed by atoms with Crippen molar-refractivity contribution in [2.45, 2.75) is 13.8 Å². The molecule has 4 heteroatoms. The smallest absolute Gasteiger partial charge is 0.148 e. The van der Waals surface area contributed by atoms with Crippen LogP contribution in [0, 0.1) is 19.7 Å². The summed E-state index contributed by atoms with van der Waals surface area (Å²) in [5, 5.41) is 3.14. The van der Waals surface area contributed by atoms with Crippen molar-refractivity contribution < 1.29 is 4.39 Å². The first kappa shape index (κ1) is 12.9. The second-order valence-corrected chi connectivity index (χ2v) is 5.04. The van der Waals surface area contributed by atoms with Crippen LogP contribution in [0.25, 0.3) is 0 Å². The number of nitrogen functional groups attached to an aromatic ring is 1. The van der Waals surface area contributed by atoms with Crippen LogP contribution in [0.3, 0.4) is 0 Å². The van der Waals surface area contributed by atoms with Gasteiger partial charge >= 0.3 is 0 Å². The van der Waals surface area contributed by atoms with Gasteiger partial charge in [0.05, 0.1) is 11.4 Å². The molecule has 0 aliphatic rings. The molecule has 94 valence electrons. The van der Waals surface area contributed by atoms with Crippen LogP contribution in [0.15, 0.2) is 34.8 Å². The fourth-order valence-corrected chi connectivity index (χ4v) is 2.05. The number of rotatable bonds is 2. The minimum absolute atomic E-state index is 0.135. The van der Waals surface area contributed by atoms with Gasteiger partial charge in [0, 0.05) is 10.2 Å². The SMILES string of the molecule is Cc1cc(Nc2cccc(F)c2N)cc(C)c1Br. The number of nitrogens with one attached hydrogen (secondary N) is 1. The quantitative estimate of drug-likeness (QED) is 0.800. The zero-order valence-electron chi connectivity index (χ0n) is 10.2. The van der Waals surface area contributed by atoms with Gasteiger partial charge in [0.2, 0.25) is 0 Å². The number of anilines is 3. The first-order valence-corrected chi connectivity index (χ1v) is 6.36. The third kappa shape index (κ3) is 2.48. The first-order valence-electron chi connectivity index (χ1n) is 5.57. The van der Waals surface area contributed by atoms with Crippen molar-refractivity contribution in [1.82, 2.24) is 0 Å². The Morgan fingerprint density at radius 3 is 2.39 bits per heavy atom. The number of benzene rings is 2. The van der Waals surface area contributed by atoms with Crippen LogP contribution in [0.1, 0.15) is 11.1 Å². The van der Waals surface area contributed by atoms with E-state index in [1.807, 2.05) is 26.0 Å². The Labute approximate surface area is 114 Å². The van der Waals surface area contributed by atoms with Gasteiger partial charge in [0.15, 0.2) is 0 Å². The Kier molecular flexibility index (Phi) is 3.57. The standard InChI is InChI=1S/C14H14BrFN2/c1-8-6-10(7-9(2)13(8)15)18-12-5-3-4-11(16)14(12)17/h3-7,18H,17H2,1-2H3. The second kappa shape index (κ2) is 4.98. The molecular weight excluding hydrogens is 295 g/mol. The summed E-state index contributed by atoms with van der Waals surface area (Å²) in [5.74, 6) is -0.412. The van der Waals surface area contributed by atoms with Crippen molar-refractivity contribution in [2.24, 2.45) is 0 Å². The van der Waals surface area contributed by atoms with E-state index in [1.165, 1.54) is 6.07 Å². The second-order valence-electron chi connectivity index (χ2n) is 4.25. The highest BCUT2D eigenvalue weighted by molar-refractivity contribution is 9.10. The summed E-state index contributed by atoms with van der Waals surface area (Å²) < 4.78 is 14.4. The van der Waals surface area contributed by atoms with E-state index >= 15 is 0 Å². The van der Waals surface area contributed by atoms with E-state index in [0.29, 0.717) is 5.69 Å². The summed E-state index contributed by atoms with van der Waals surface area (Å²) in [7, 11) is 0. The average molecular weight is 309 g/mol. The predicted molar refractivity (Wildman–Crippen MR) is 77.7 cm³/mol. The summed E-state index contributed by atoms with van der Waals surface area (Å²) in [4.78, 5) is 0. The lowest BCUT2D eigenvalue weighted by atomic mass is 10.1. The lowest BCUT2D eigenvalue weighted by Gasteiger charge is -2.12. The molecular formula is C14H14BrFN2. The fraction of sp³-hybridized carbons (Fsp3) is 0.143. The van der Waals surface area contributed by atoms with E-state index in [2.05, 4.69) is 21.2 Å². The van der Waals surface area contributed by atoms with E-state index in [0.717, 1.165) is 21.3 Å². The molecule has 0 atom stereocenters. The Balaban J connectivity index is 2.37. The van der Waals surface area contributed by atoms with Crippen LogP contribution in [0.5, 0.6) is 0 Å². The molecule has 0 aliphatic heterocycles. The maximum atomic E-state index is 13.3. The minimum atomic E-state index is -0.412. The molecule has 0 radical (unpaired) electrons. The van der Waals surface area contributed by atoms with E-state index in [9.17, 15) is 4.39 Å². The number of hydrogen-bond donors (Lipinski definition) is 2. The molecule has 0 aliphatic carbocycles. The van der Waals surface area contributed by atoms with Gasteiger partial charge in [0.1, 0.15) is 5.82 Å². The van der Waals surface area contributed by atoms with Crippen molar-refractivity contribution in [1.29, 1.82) is 0 Å². The molecule has 0 bridgehead atoms. The Morgan fingerprint density at radius 1 is 1.17 bits per heavy atom. The molecule has 0 heterocycles. The van der Waals surface area contributed by atoms with Gasteiger partial charge in [-0.25, -0.2) is 4.39 Å². The predicted octanol–water partition coefficient (Wildman–Crippen LogP) is 4.53. The molecule has 2 nitrogen and oxygen atoms in total. The van der Waals surface area contributed by atoms with E-state index in [1.54, 1.807) is 12.1 Å². The fourth-order valence-electron chi connectivity index (χ4n) is 1.82. The summed E-state index contributed by atoms with van der Waals surface area (Å²) in [6, 6.07) is 8.71. The molecule has 0 saturated carbocycles. The van der Waals surface area contributed by atoms with Crippen LogP contribution in [-0.2, 0) is 0 Å². The van der Waals surface area contributed by atoms with Gasteiger partial charge in [-0.15, -0.1) is 0 Å². The molecule has 0 fully saturated rings. The lowest BCUT2D eigenvalue weighted by molar-refractivity contribution is 0.633. The maximum absolute atomic E-state index is 13.3. The van der Waals surface area contributed by atoms with Gasteiger partial charge in [-0.05, 0) is 49.2 Å². The largest absolute Gasteiger partial charge is 0.395 e. The Bertz CT molecular complexity index is 573. The molecule has 2 aromatic rings. The Hall–Kier alpha value is -1.55. The number of aryl methyl sites for hydroxylation is 2. The summed E-state index contributed by atoms with van der Waals surface area (Å²) in [5.41, 5.74) is 9.53. The summed E-state index contributed by atoms with van der Waals surface area (Å²) in [6.07, 6.45) is 0. The molecule has 0 spiro atoms. The molecule has 0 amide bonds. The summed E-state index contributed by atoms with van der Waals surface area (Å²) in [6.45, 7) is 4.02. The third-order valence-electron chi connectivity index (χ3n) is 2.77. The monoisotopic (exact) mass is 308 g/mol. The van der Waals surface area contributed by atoms with Crippen molar-refractivity contribution in [3.63, 3.8) is 0 Å². The summed E-state index contributed by atoms with van der Waals surface area (Å²) >= 11 is 3.51. The van der Waals surface area contributed by atoms with Gasteiger partial charge in [-0.2, -0.15) is 0 Å². The number of hydrogen-bond acceptors (Lipinski definition) is 2. The topological polar surface area (TPSA) is 38.0 Å². The van der Waals surface area contributed by atoms with Gasteiger partial charge in [-0.3, -0.25) is 0 Å². The molecule has 3 N–H and O–H groups in total. The van der Waals surface area contributed by atoms with Crippen molar-refractivity contribution >= 4 is 33.0 Å². The van der Waals surface area contributed by atoms with Gasteiger partial charge < -0.3 is 11.1 Å². The average Bonchev–Trinajstić information content (AvgIpc) is 2.32. The highest BCUT2D eigenvalue weighted by atomic mass is 79.9. The number of halogens is 2. The molecule has 2 aromatic carbocycles. The number of nitrogens with two attached hydrogens (primary N) is 1. The lowest BCUT2D eigenvalue weighted by Crippen LogP contribution is -1.99. The van der Waals surface area contributed by atoms with Crippen molar-refractivity contribution in [3.05, 3.63) is 51.7 Å². The molecule has 0 saturated heterocycles. The third-order valence-corrected chi connectivity index (χ3v) is 4.02. The molecule has 2 rings (SSSR count). The van der Waals surface area contributed by atoms with E-state index < -0.39 is 5.82 Å². The molecule has 18 heavy (non-hydrogen) atoms. The Morgan fingerprint density at radius 2 is 1.78 bits per heavy atom. The van der Waals surface area contributed by atoms with E-state index in [-0.39, 0.29) is 5.69 Å². The van der Waals surface area contributed by atoms with Crippen LogP contribution < -0.4 is 11.1 Å². The van der Waals surface area contributed by atoms with Crippen LogP contribution in [0.4, 0.5) is 21.5 Å². The first-order chi connectivity index (χ1) is 8.49. The highest BCUT2D eigenvalue weighted by Gasteiger charge is 2.06. The normalized spacial score (nSPS) is 10.4. The zero-order chi connectivity index (χ0) is 13.3. The number of para-hydroxylation sites is 1. The highest BCUT2D eigenvalue weighted by Crippen LogP contribution is 2.29. The molecule has 0 aromatic heterocycles. The van der Waals surface area contributed by atoms with Crippen LogP contribution >= 0.6 is 15.9 Å². The van der Waals surface area contributed by atoms with Crippen LogP contribution in [-0.4, -0.2) is 0 Å². The van der Waals surface area contributed by atoms with Gasteiger partial charge in [0.25, 0.3) is 0 Å². The van der Waals surface area contributed by atoms with Crippen LogP contribution in [0.2, 0.25) is 0 Å². The maximum Gasteiger partial charge on any atom is 0.148 e. The zero-order valence-corrected chi connectivity index (χ0v) is 11.8. The van der Waals surface area contributed by atoms with E-state index in [4.69, 9.17) is 5.73 Å². The van der Waals surface area contributed by atoms with Gasteiger partial charge in [-0.1, -0.05) is 22.0 Å². The molecule has 0 unspecified atom stereocenters. The van der Waals surface area contributed by atoms with Crippen molar-refractivity contribution in [2.75, 3.05) is 11.1 Å².